The molecule has 0 fully saturated rings. The smallest absolute Gasteiger partial charge is 0.416 e. The molecule has 1 aliphatic rings. The molecule has 6 nitrogen and oxygen atoms in total. The summed E-state index contributed by atoms with van der Waals surface area (Å²) in [6.45, 7) is 1.08. The van der Waals surface area contributed by atoms with Gasteiger partial charge in [-0.05, 0) is 30.3 Å². The fourth-order valence-electron chi connectivity index (χ4n) is 2.94. The Kier molecular flexibility index (Phi) is 5.70. The molecule has 1 aromatic heterocycles. The molecule has 0 aliphatic carbocycles. The minimum atomic E-state index is -4.57. The number of rotatable bonds is 1. The first kappa shape index (κ1) is 21.2. The predicted molar refractivity (Wildman–Crippen MR) is 98.9 cm³/mol. The number of hydrogen-bond acceptors (Lipinski definition) is 4. The summed E-state index contributed by atoms with van der Waals surface area (Å²) in [4.78, 5) is 17.1. The van der Waals surface area contributed by atoms with Crippen molar-refractivity contribution in [2.45, 2.75) is 19.3 Å². The number of aliphatic hydroxyl groups excluding tert-OH is 1. The third kappa shape index (κ3) is 4.23. The van der Waals surface area contributed by atoms with E-state index in [2.05, 4.69) is 9.98 Å². The van der Waals surface area contributed by atoms with Gasteiger partial charge in [0, 0.05) is 30.4 Å². The van der Waals surface area contributed by atoms with Gasteiger partial charge < -0.3 is 10.2 Å². The van der Waals surface area contributed by atoms with Gasteiger partial charge in [-0.3, -0.25) is 9.36 Å². The molecular weight excluding hydrogens is 406 g/mol. The summed E-state index contributed by atoms with van der Waals surface area (Å²) in [6, 6.07) is 8.69. The third-order valence-corrected chi connectivity index (χ3v) is 4.12. The first-order valence-electron chi connectivity index (χ1n) is 8.55. The Hall–Kier alpha value is -3.53. The first-order valence-corrected chi connectivity index (χ1v) is 8.55. The second kappa shape index (κ2) is 8.07. The van der Waals surface area contributed by atoms with Gasteiger partial charge in [-0.25, -0.2) is 14.4 Å². The van der Waals surface area contributed by atoms with Crippen LogP contribution in [-0.2, 0) is 11.0 Å². The van der Waals surface area contributed by atoms with E-state index in [1.165, 1.54) is 41.2 Å². The van der Waals surface area contributed by atoms with Gasteiger partial charge in [0.2, 0.25) is 6.23 Å². The molecule has 0 amide bonds. The number of benzene rings is 2. The van der Waals surface area contributed by atoms with Crippen LogP contribution in [-0.4, -0.2) is 31.4 Å². The Labute approximate surface area is 167 Å². The van der Waals surface area contributed by atoms with E-state index in [9.17, 15) is 22.7 Å². The van der Waals surface area contributed by atoms with Crippen LogP contribution < -0.4 is 0 Å². The lowest BCUT2D eigenvalue weighted by Gasteiger charge is -2.15. The Morgan fingerprint density at radius 3 is 2.43 bits per heavy atom. The lowest BCUT2D eigenvalue weighted by atomic mass is 9.97. The maximum atomic E-state index is 14.3. The number of aliphatic carboxylic acids is 1. The Morgan fingerprint density at radius 2 is 1.80 bits per heavy atom. The molecule has 1 aliphatic heterocycles. The van der Waals surface area contributed by atoms with Crippen LogP contribution in [0.15, 0.2) is 59.9 Å². The van der Waals surface area contributed by atoms with E-state index in [4.69, 9.17) is 9.90 Å². The second-order valence-corrected chi connectivity index (χ2v) is 6.24. The maximum Gasteiger partial charge on any atom is 0.416 e. The maximum absolute atomic E-state index is 14.3. The molecule has 2 N–H and O–H groups in total. The van der Waals surface area contributed by atoms with E-state index in [1.807, 2.05) is 0 Å². The van der Waals surface area contributed by atoms with Crippen LogP contribution in [0.4, 0.5) is 17.6 Å². The molecule has 0 radical (unpaired) electrons. The number of alkyl halides is 3. The van der Waals surface area contributed by atoms with E-state index in [1.54, 1.807) is 6.07 Å². The van der Waals surface area contributed by atoms with Crippen LogP contribution in [0.25, 0.3) is 5.69 Å². The topological polar surface area (TPSA) is 87.7 Å². The summed E-state index contributed by atoms with van der Waals surface area (Å²) < 4.78 is 55.3. The highest BCUT2D eigenvalue weighted by Gasteiger charge is 2.33. The van der Waals surface area contributed by atoms with Crippen molar-refractivity contribution in [1.82, 2.24) is 9.55 Å². The standard InChI is InChI=1S/C18H11F4N3O.C2H4O2/c19-13-4-2-1-3-11(13)15-12-9-10(18(20,21)22)5-6-14(12)25-8-7-23-16(25)17(26)24-15;1-2(3)4/h1-9,17,26H;1H3,(H,3,4). The summed E-state index contributed by atoms with van der Waals surface area (Å²) in [5, 5.41) is 17.8. The minimum Gasteiger partial charge on any atom is -0.481 e. The third-order valence-electron chi connectivity index (χ3n) is 4.12. The number of aliphatic imine (C=N–C) groups is 1. The zero-order chi connectivity index (χ0) is 22.1. The van der Waals surface area contributed by atoms with Crippen LogP contribution in [0.3, 0.4) is 0 Å². The van der Waals surface area contributed by atoms with E-state index in [0.29, 0.717) is 5.69 Å². The molecule has 0 spiro atoms. The van der Waals surface area contributed by atoms with Gasteiger partial charge in [-0.2, -0.15) is 13.2 Å². The summed E-state index contributed by atoms with van der Waals surface area (Å²) in [7, 11) is 0. The van der Waals surface area contributed by atoms with Gasteiger partial charge in [-0.15, -0.1) is 0 Å². The molecule has 3 aromatic rings. The minimum absolute atomic E-state index is 0.00197. The summed E-state index contributed by atoms with van der Waals surface area (Å²) in [6.07, 6.45) is -3.10. The van der Waals surface area contributed by atoms with Crippen LogP contribution >= 0.6 is 0 Å². The van der Waals surface area contributed by atoms with Crippen LogP contribution in [0.5, 0.6) is 0 Å². The molecule has 30 heavy (non-hydrogen) atoms. The lowest BCUT2D eigenvalue weighted by Crippen LogP contribution is -2.12. The van der Waals surface area contributed by atoms with Crippen molar-refractivity contribution in [2.24, 2.45) is 4.99 Å². The van der Waals surface area contributed by atoms with Crippen molar-refractivity contribution in [1.29, 1.82) is 0 Å². The monoisotopic (exact) mass is 421 g/mol. The Morgan fingerprint density at radius 1 is 1.13 bits per heavy atom. The van der Waals surface area contributed by atoms with Gasteiger partial charge in [0.05, 0.1) is 17.0 Å². The number of hydrogen-bond donors (Lipinski definition) is 2. The van der Waals surface area contributed by atoms with Crippen LogP contribution in [0.2, 0.25) is 0 Å². The number of carboxylic acid groups (broad SMARTS) is 1. The normalized spacial score (nSPS) is 15.1. The van der Waals surface area contributed by atoms with Gasteiger partial charge in [0.15, 0.2) is 5.82 Å². The number of nitrogens with zero attached hydrogens (tertiary/aromatic N) is 3. The molecule has 0 saturated carbocycles. The summed E-state index contributed by atoms with van der Waals surface area (Å²) in [5.41, 5.74) is -0.580. The highest BCUT2D eigenvalue weighted by molar-refractivity contribution is 6.15. The molecule has 0 saturated heterocycles. The molecule has 4 rings (SSSR count). The van der Waals surface area contributed by atoms with Gasteiger partial charge in [0.25, 0.3) is 5.97 Å². The van der Waals surface area contributed by atoms with Crippen molar-refractivity contribution < 1.29 is 32.6 Å². The Balaban J connectivity index is 0.000000589. The van der Waals surface area contributed by atoms with E-state index < -0.39 is 29.8 Å². The summed E-state index contributed by atoms with van der Waals surface area (Å²) in [5.74, 6) is -1.35. The predicted octanol–water partition coefficient (Wildman–Crippen LogP) is 3.96. The van der Waals surface area contributed by atoms with Gasteiger partial charge in [-0.1, -0.05) is 12.1 Å². The van der Waals surface area contributed by atoms with Crippen molar-refractivity contribution in [3.05, 3.63) is 83.2 Å². The fraction of sp³-hybridized carbons (Fsp3) is 0.150. The molecule has 1 atom stereocenters. The molecule has 2 aromatic carbocycles. The average Bonchev–Trinajstić information content (AvgIpc) is 3.11. The highest BCUT2D eigenvalue weighted by Crippen LogP contribution is 2.35. The van der Waals surface area contributed by atoms with Crippen molar-refractivity contribution in [2.75, 3.05) is 0 Å². The van der Waals surface area contributed by atoms with Crippen molar-refractivity contribution in [3.63, 3.8) is 0 Å². The molecule has 0 bridgehead atoms. The number of fused-ring (bicyclic) bond motifs is 3. The molecule has 1 unspecified atom stereocenters. The molecule has 2 heterocycles. The summed E-state index contributed by atoms with van der Waals surface area (Å²) >= 11 is 0. The van der Waals surface area contributed by atoms with Gasteiger partial charge >= 0.3 is 6.18 Å². The highest BCUT2D eigenvalue weighted by atomic mass is 19.4. The van der Waals surface area contributed by atoms with Crippen LogP contribution in [0, 0.1) is 5.82 Å². The number of imidazole rings is 1. The molecule has 156 valence electrons. The SMILES string of the molecule is CC(=O)O.OC1N=C(c2ccccc2F)c2cc(C(F)(F)F)ccc2-n2ccnc21. The zero-order valence-corrected chi connectivity index (χ0v) is 15.4. The van der Waals surface area contributed by atoms with Crippen molar-refractivity contribution in [3.8, 4) is 5.69 Å². The van der Waals surface area contributed by atoms with E-state index >= 15 is 0 Å². The van der Waals surface area contributed by atoms with Crippen LogP contribution in [0.1, 0.15) is 35.7 Å². The average molecular weight is 421 g/mol. The zero-order valence-electron chi connectivity index (χ0n) is 15.4. The second-order valence-electron chi connectivity index (χ2n) is 6.24. The lowest BCUT2D eigenvalue weighted by molar-refractivity contribution is -0.137. The first-order chi connectivity index (χ1) is 14.1. The quantitative estimate of drug-likeness (QED) is 0.583. The fourth-order valence-corrected chi connectivity index (χ4v) is 2.94. The van der Waals surface area contributed by atoms with Gasteiger partial charge in [0.1, 0.15) is 5.82 Å². The number of carbonyl (C=O) groups is 1. The number of carboxylic acids is 1. The van der Waals surface area contributed by atoms with E-state index in [0.717, 1.165) is 19.1 Å². The van der Waals surface area contributed by atoms with Crippen molar-refractivity contribution >= 4 is 11.7 Å². The number of aliphatic hydroxyl groups is 1. The molecular formula is C20H15F4N3O3. The van der Waals surface area contributed by atoms with E-state index in [-0.39, 0.29) is 22.7 Å². The number of aromatic nitrogens is 2. The largest absolute Gasteiger partial charge is 0.481 e. The number of halogens is 4. The molecule has 10 heteroatoms. The Bertz CT molecular complexity index is 1120.